The number of alkyl halides is 3. The molecule has 0 aliphatic heterocycles. The number of hydrogen-bond acceptors (Lipinski definition) is 2. The fourth-order valence-electron chi connectivity index (χ4n) is 1.65. The molecule has 0 saturated heterocycles. The Labute approximate surface area is 118 Å². The Morgan fingerprint density at radius 2 is 1.70 bits per heavy atom. The molecule has 0 atom stereocenters. The van der Waals surface area contributed by atoms with Gasteiger partial charge in [0.05, 0.1) is 5.56 Å². The van der Waals surface area contributed by atoms with Crippen LogP contribution in [0.5, 0.6) is 11.5 Å². The summed E-state index contributed by atoms with van der Waals surface area (Å²) < 4.78 is 43.8. The minimum Gasteiger partial charge on any atom is -0.508 e. The highest BCUT2D eigenvalue weighted by atomic mass is 35.5. The smallest absolute Gasteiger partial charge is 0.416 e. The van der Waals surface area contributed by atoms with Gasteiger partial charge in [0.2, 0.25) is 0 Å². The number of benzene rings is 2. The van der Waals surface area contributed by atoms with Gasteiger partial charge in [0, 0.05) is 10.6 Å². The Morgan fingerprint density at radius 1 is 1.05 bits per heavy atom. The third-order valence-electron chi connectivity index (χ3n) is 2.61. The van der Waals surface area contributed by atoms with Gasteiger partial charge in [-0.25, -0.2) is 0 Å². The Kier molecular flexibility index (Phi) is 4.09. The second-order valence-corrected chi connectivity index (χ2v) is 4.52. The van der Waals surface area contributed by atoms with Gasteiger partial charge in [-0.1, -0.05) is 17.7 Å². The largest absolute Gasteiger partial charge is 0.508 e. The number of ether oxygens (including phenoxy) is 1. The summed E-state index contributed by atoms with van der Waals surface area (Å²) in [4.78, 5) is 0. The first kappa shape index (κ1) is 14.5. The van der Waals surface area contributed by atoms with Crippen LogP contribution in [-0.4, -0.2) is 5.11 Å². The highest BCUT2D eigenvalue weighted by molar-refractivity contribution is 6.30. The molecule has 106 valence electrons. The lowest BCUT2D eigenvalue weighted by Crippen LogP contribution is -2.10. The van der Waals surface area contributed by atoms with Crippen molar-refractivity contribution in [3.63, 3.8) is 0 Å². The zero-order chi connectivity index (χ0) is 14.8. The van der Waals surface area contributed by atoms with E-state index in [1.54, 1.807) is 24.3 Å². The lowest BCUT2D eigenvalue weighted by Gasteiger charge is -2.14. The molecule has 0 aromatic heterocycles. The molecule has 0 radical (unpaired) electrons. The van der Waals surface area contributed by atoms with Crippen molar-refractivity contribution < 1.29 is 23.0 Å². The van der Waals surface area contributed by atoms with Gasteiger partial charge in [-0.15, -0.1) is 0 Å². The lowest BCUT2D eigenvalue weighted by molar-refractivity contribution is -0.138. The maximum Gasteiger partial charge on any atom is 0.416 e. The average molecular weight is 303 g/mol. The van der Waals surface area contributed by atoms with Crippen molar-refractivity contribution in [2.24, 2.45) is 0 Å². The van der Waals surface area contributed by atoms with Crippen molar-refractivity contribution in [2.45, 2.75) is 12.8 Å². The standard InChI is InChI=1S/C14H10ClF3O2/c15-10-2-5-12(6-3-10)20-8-9-1-4-11(19)7-13(9)14(16,17)18/h1-7,19H,8H2. The Balaban J connectivity index is 2.19. The second-order valence-electron chi connectivity index (χ2n) is 4.08. The minimum absolute atomic E-state index is 0.0507. The van der Waals surface area contributed by atoms with Crippen LogP contribution in [0.2, 0.25) is 5.02 Å². The van der Waals surface area contributed by atoms with Gasteiger partial charge in [0.25, 0.3) is 0 Å². The van der Waals surface area contributed by atoms with E-state index in [1.165, 1.54) is 12.1 Å². The van der Waals surface area contributed by atoms with Crippen LogP contribution in [0, 0.1) is 0 Å². The van der Waals surface area contributed by atoms with E-state index in [2.05, 4.69) is 0 Å². The SMILES string of the molecule is Oc1ccc(COc2ccc(Cl)cc2)c(C(F)(F)F)c1. The van der Waals surface area contributed by atoms with Gasteiger partial charge in [-0.2, -0.15) is 13.2 Å². The number of phenolic OH excluding ortho intramolecular Hbond substituents is 1. The monoisotopic (exact) mass is 302 g/mol. The minimum atomic E-state index is -4.54. The molecule has 0 heterocycles. The summed E-state index contributed by atoms with van der Waals surface area (Å²) in [6, 6.07) is 9.35. The van der Waals surface area contributed by atoms with Gasteiger partial charge in [-0.3, -0.25) is 0 Å². The number of aromatic hydroxyl groups is 1. The average Bonchev–Trinajstić information content (AvgIpc) is 2.38. The van der Waals surface area contributed by atoms with Crippen molar-refractivity contribution >= 4 is 11.6 Å². The van der Waals surface area contributed by atoms with Crippen molar-refractivity contribution in [1.29, 1.82) is 0 Å². The van der Waals surface area contributed by atoms with Crippen LogP contribution in [0.4, 0.5) is 13.2 Å². The summed E-state index contributed by atoms with van der Waals surface area (Å²) in [6.45, 7) is -0.253. The third kappa shape index (κ3) is 3.57. The van der Waals surface area contributed by atoms with E-state index in [4.69, 9.17) is 21.4 Å². The molecule has 0 saturated carbocycles. The van der Waals surface area contributed by atoms with E-state index in [-0.39, 0.29) is 12.2 Å². The quantitative estimate of drug-likeness (QED) is 0.894. The van der Waals surface area contributed by atoms with Crippen LogP contribution in [0.1, 0.15) is 11.1 Å². The van der Waals surface area contributed by atoms with Crippen molar-refractivity contribution in [3.8, 4) is 11.5 Å². The maximum absolute atomic E-state index is 12.8. The van der Waals surface area contributed by atoms with Gasteiger partial charge >= 0.3 is 6.18 Å². The van der Waals surface area contributed by atoms with Crippen molar-refractivity contribution in [1.82, 2.24) is 0 Å². The van der Waals surface area contributed by atoms with Crippen LogP contribution in [0.3, 0.4) is 0 Å². The van der Waals surface area contributed by atoms with Crippen LogP contribution < -0.4 is 4.74 Å². The van der Waals surface area contributed by atoms with Crippen LogP contribution >= 0.6 is 11.6 Å². The van der Waals surface area contributed by atoms with E-state index < -0.39 is 17.5 Å². The molecule has 0 unspecified atom stereocenters. The molecular formula is C14H10ClF3O2. The van der Waals surface area contributed by atoms with Gasteiger partial charge < -0.3 is 9.84 Å². The molecule has 2 rings (SSSR count). The first-order valence-corrected chi connectivity index (χ1v) is 6.01. The summed E-state index contributed by atoms with van der Waals surface area (Å²) in [6.07, 6.45) is -4.54. The highest BCUT2D eigenvalue weighted by Crippen LogP contribution is 2.34. The zero-order valence-electron chi connectivity index (χ0n) is 10.1. The molecule has 2 aromatic rings. The number of halogens is 4. The third-order valence-corrected chi connectivity index (χ3v) is 2.86. The fraction of sp³-hybridized carbons (Fsp3) is 0.143. The first-order chi connectivity index (χ1) is 9.36. The molecule has 20 heavy (non-hydrogen) atoms. The molecule has 2 nitrogen and oxygen atoms in total. The van der Waals surface area contributed by atoms with Crippen molar-refractivity contribution in [3.05, 3.63) is 58.6 Å². The van der Waals surface area contributed by atoms with Crippen LogP contribution in [0.25, 0.3) is 0 Å². The molecule has 0 bridgehead atoms. The van der Waals surface area contributed by atoms with E-state index in [0.29, 0.717) is 16.8 Å². The molecule has 0 aliphatic carbocycles. The summed E-state index contributed by atoms with van der Waals surface area (Å²) in [5.74, 6) is -0.0248. The highest BCUT2D eigenvalue weighted by Gasteiger charge is 2.33. The molecule has 0 spiro atoms. The Hall–Kier alpha value is -1.88. The molecule has 2 aromatic carbocycles. The lowest BCUT2D eigenvalue weighted by atomic mass is 10.1. The normalized spacial score (nSPS) is 11.4. The van der Waals surface area contributed by atoms with E-state index in [9.17, 15) is 13.2 Å². The van der Waals surface area contributed by atoms with E-state index in [1.807, 2.05) is 0 Å². The van der Waals surface area contributed by atoms with Gasteiger partial charge in [0.1, 0.15) is 18.1 Å². The number of phenols is 1. The molecule has 0 fully saturated rings. The number of hydrogen-bond donors (Lipinski definition) is 1. The van der Waals surface area contributed by atoms with Gasteiger partial charge in [0.15, 0.2) is 0 Å². The number of rotatable bonds is 3. The second kappa shape index (κ2) is 5.63. The molecule has 0 amide bonds. The van der Waals surface area contributed by atoms with Crippen LogP contribution in [-0.2, 0) is 12.8 Å². The first-order valence-electron chi connectivity index (χ1n) is 5.64. The van der Waals surface area contributed by atoms with E-state index in [0.717, 1.165) is 0 Å². The van der Waals surface area contributed by atoms with E-state index >= 15 is 0 Å². The molecule has 0 aliphatic rings. The van der Waals surface area contributed by atoms with Crippen molar-refractivity contribution in [2.75, 3.05) is 0 Å². The summed E-state index contributed by atoms with van der Waals surface area (Å²) >= 11 is 5.70. The zero-order valence-corrected chi connectivity index (χ0v) is 10.9. The predicted octanol–water partition coefficient (Wildman–Crippen LogP) is 4.64. The molecule has 6 heteroatoms. The van der Waals surface area contributed by atoms with Gasteiger partial charge in [-0.05, 0) is 36.4 Å². The predicted molar refractivity (Wildman–Crippen MR) is 68.9 cm³/mol. The molecular weight excluding hydrogens is 293 g/mol. The molecule has 1 N–H and O–H groups in total. The fourth-order valence-corrected chi connectivity index (χ4v) is 1.77. The topological polar surface area (TPSA) is 29.5 Å². The maximum atomic E-state index is 12.8. The summed E-state index contributed by atoms with van der Waals surface area (Å²) in [5.41, 5.74) is -0.961. The summed E-state index contributed by atoms with van der Waals surface area (Å²) in [7, 11) is 0. The Bertz CT molecular complexity index is 594. The Morgan fingerprint density at radius 3 is 2.30 bits per heavy atom. The summed E-state index contributed by atoms with van der Waals surface area (Å²) in [5, 5.41) is 9.67. The van der Waals surface area contributed by atoms with Crippen LogP contribution in [0.15, 0.2) is 42.5 Å².